The molecule has 1 saturated carbocycles. The van der Waals surface area contributed by atoms with Crippen LogP contribution in [0.1, 0.15) is 32.1 Å². The van der Waals surface area contributed by atoms with Gasteiger partial charge in [-0.1, -0.05) is 35.2 Å². The number of benzene rings is 1. The lowest BCUT2D eigenvalue weighted by molar-refractivity contribution is -0.124. The molecule has 0 spiro atoms. The highest BCUT2D eigenvalue weighted by Crippen LogP contribution is 2.37. The molecule has 0 unspecified atom stereocenters. The highest BCUT2D eigenvalue weighted by Gasteiger charge is 2.39. The van der Waals surface area contributed by atoms with Crippen molar-refractivity contribution in [3.63, 3.8) is 0 Å². The normalized spacial score (nSPS) is 17.5. The van der Waals surface area contributed by atoms with Crippen LogP contribution < -0.4 is 5.32 Å². The predicted molar refractivity (Wildman–Crippen MR) is 81.6 cm³/mol. The second-order valence-corrected chi connectivity index (χ2v) is 6.60. The topological polar surface area (TPSA) is 52.9 Å². The minimum atomic E-state index is -0.856. The fraction of sp³-hybridized carbons (Fsp3) is 0.429. The fourth-order valence-electron chi connectivity index (χ4n) is 2.38. The Bertz CT molecular complexity index is 531. The van der Waals surface area contributed by atoms with Crippen molar-refractivity contribution in [2.75, 3.05) is 5.32 Å². The minimum absolute atomic E-state index is 0.183. The number of carbonyl (C=O) groups is 1. The first kappa shape index (κ1) is 14.5. The fourth-order valence-corrected chi connectivity index (χ4v) is 3.52. The van der Waals surface area contributed by atoms with Gasteiger partial charge in [-0.25, -0.2) is 0 Å². The van der Waals surface area contributed by atoms with Crippen LogP contribution in [0.5, 0.6) is 0 Å². The third-order valence-electron chi connectivity index (χ3n) is 3.54. The Morgan fingerprint density at radius 2 is 1.95 bits per heavy atom. The van der Waals surface area contributed by atoms with Gasteiger partial charge in [-0.15, -0.1) is 0 Å². The van der Waals surface area contributed by atoms with Crippen molar-refractivity contribution in [1.29, 1.82) is 5.26 Å². The lowest BCUT2D eigenvalue weighted by Gasteiger charge is -2.29. The maximum atomic E-state index is 12.4. The van der Waals surface area contributed by atoms with Gasteiger partial charge in [0.2, 0.25) is 5.91 Å². The van der Waals surface area contributed by atoms with E-state index in [1.54, 1.807) is 0 Å². The maximum Gasteiger partial charge on any atom is 0.244 e. The summed E-state index contributed by atoms with van der Waals surface area (Å²) in [6, 6.07) is 7.78. The van der Waals surface area contributed by atoms with Crippen molar-refractivity contribution in [2.24, 2.45) is 5.41 Å². The highest BCUT2D eigenvalue weighted by molar-refractivity contribution is 9.11. The van der Waals surface area contributed by atoms with Crippen LogP contribution in [0.15, 0.2) is 27.1 Å². The zero-order chi connectivity index (χ0) is 13.9. The van der Waals surface area contributed by atoms with E-state index < -0.39 is 5.41 Å². The van der Waals surface area contributed by atoms with Crippen molar-refractivity contribution in [1.82, 2.24) is 0 Å². The molecule has 0 saturated heterocycles. The quantitative estimate of drug-likeness (QED) is 0.807. The van der Waals surface area contributed by atoms with Gasteiger partial charge in [-0.3, -0.25) is 4.79 Å². The third kappa shape index (κ3) is 3.18. The summed E-state index contributed by atoms with van der Waals surface area (Å²) in [5.41, 5.74) is -0.154. The van der Waals surface area contributed by atoms with Crippen LogP contribution in [0.4, 0.5) is 5.69 Å². The van der Waals surface area contributed by atoms with E-state index in [4.69, 9.17) is 0 Å². The van der Waals surface area contributed by atoms with Crippen molar-refractivity contribution in [3.05, 3.63) is 27.1 Å². The zero-order valence-electron chi connectivity index (χ0n) is 10.4. The van der Waals surface area contributed by atoms with Gasteiger partial charge in [0.25, 0.3) is 0 Å². The van der Waals surface area contributed by atoms with E-state index in [0.29, 0.717) is 18.5 Å². The smallest absolute Gasteiger partial charge is 0.244 e. The summed E-state index contributed by atoms with van der Waals surface area (Å²) in [6.07, 6.45) is 4.32. The average Bonchev–Trinajstić information content (AvgIpc) is 2.42. The molecule has 3 nitrogen and oxygen atoms in total. The van der Waals surface area contributed by atoms with Crippen LogP contribution in [-0.2, 0) is 4.79 Å². The molecule has 1 N–H and O–H groups in total. The van der Waals surface area contributed by atoms with Crippen LogP contribution in [0, 0.1) is 16.7 Å². The number of nitrogens with zero attached hydrogens (tertiary/aromatic N) is 1. The molecule has 2 rings (SSSR count). The van der Waals surface area contributed by atoms with Gasteiger partial charge in [0, 0.05) is 8.95 Å². The van der Waals surface area contributed by atoms with Gasteiger partial charge < -0.3 is 5.32 Å². The Hall–Kier alpha value is -0.860. The number of nitrogens with one attached hydrogen (secondary N) is 1. The molecule has 0 aliphatic heterocycles. The van der Waals surface area contributed by atoms with Gasteiger partial charge in [-0.05, 0) is 47.0 Å². The molecule has 100 valence electrons. The molecule has 0 bridgehead atoms. The summed E-state index contributed by atoms with van der Waals surface area (Å²) in [4.78, 5) is 12.4. The van der Waals surface area contributed by atoms with Crippen molar-refractivity contribution < 1.29 is 4.79 Å². The highest BCUT2D eigenvalue weighted by atomic mass is 79.9. The van der Waals surface area contributed by atoms with E-state index in [2.05, 4.69) is 43.2 Å². The van der Waals surface area contributed by atoms with Gasteiger partial charge in [0.1, 0.15) is 5.41 Å². The summed E-state index contributed by atoms with van der Waals surface area (Å²) in [7, 11) is 0. The second-order valence-electron chi connectivity index (χ2n) is 4.83. The van der Waals surface area contributed by atoms with Crippen LogP contribution in [-0.4, -0.2) is 5.91 Å². The predicted octanol–water partition coefficient (Wildman–Crippen LogP) is 4.62. The Balaban J connectivity index is 2.18. The van der Waals surface area contributed by atoms with E-state index in [0.717, 1.165) is 28.2 Å². The number of hydrogen-bond acceptors (Lipinski definition) is 2. The van der Waals surface area contributed by atoms with E-state index in [1.165, 1.54) is 0 Å². The zero-order valence-corrected chi connectivity index (χ0v) is 13.6. The lowest BCUT2D eigenvalue weighted by atomic mass is 9.74. The van der Waals surface area contributed by atoms with Crippen LogP contribution in [0.3, 0.4) is 0 Å². The molecule has 0 radical (unpaired) electrons. The molecule has 1 fully saturated rings. The first-order valence-corrected chi connectivity index (χ1v) is 7.84. The molecular formula is C14H14Br2N2O. The molecule has 5 heteroatoms. The standard InChI is InChI=1S/C14H14Br2N2O/c15-10-4-5-12(11(16)8-10)18-13(19)14(9-17)6-2-1-3-7-14/h4-5,8H,1-3,6-7H2,(H,18,19). The van der Waals surface area contributed by atoms with Crippen molar-refractivity contribution in [2.45, 2.75) is 32.1 Å². The summed E-state index contributed by atoms with van der Waals surface area (Å²) in [5.74, 6) is -0.183. The summed E-state index contributed by atoms with van der Waals surface area (Å²) in [6.45, 7) is 0. The van der Waals surface area contributed by atoms with E-state index >= 15 is 0 Å². The second kappa shape index (κ2) is 6.06. The molecule has 0 atom stereocenters. The Kier molecular flexibility index (Phi) is 4.64. The first-order chi connectivity index (χ1) is 9.07. The molecule has 1 aliphatic carbocycles. The van der Waals surface area contributed by atoms with Crippen molar-refractivity contribution in [3.8, 4) is 6.07 Å². The van der Waals surface area contributed by atoms with E-state index in [1.807, 2.05) is 18.2 Å². The summed E-state index contributed by atoms with van der Waals surface area (Å²) < 4.78 is 1.74. The Labute approximate surface area is 129 Å². The SMILES string of the molecule is N#CC1(C(=O)Nc2ccc(Br)cc2Br)CCCCC1. The maximum absolute atomic E-state index is 12.4. The summed E-state index contributed by atoms with van der Waals surface area (Å²) >= 11 is 6.78. The number of hydrogen-bond donors (Lipinski definition) is 1. The molecule has 1 amide bonds. The van der Waals surface area contributed by atoms with Gasteiger partial charge in [-0.2, -0.15) is 5.26 Å². The van der Waals surface area contributed by atoms with E-state index in [-0.39, 0.29) is 5.91 Å². The number of amides is 1. The number of anilines is 1. The monoisotopic (exact) mass is 384 g/mol. The Morgan fingerprint density at radius 3 is 2.53 bits per heavy atom. The molecular weight excluding hydrogens is 372 g/mol. The minimum Gasteiger partial charge on any atom is -0.324 e. The lowest BCUT2D eigenvalue weighted by Crippen LogP contribution is -2.36. The van der Waals surface area contributed by atoms with Crippen LogP contribution in [0.2, 0.25) is 0 Å². The number of halogens is 2. The number of carbonyl (C=O) groups excluding carboxylic acids is 1. The number of rotatable bonds is 2. The van der Waals surface area contributed by atoms with Gasteiger partial charge in [0.05, 0.1) is 11.8 Å². The van der Waals surface area contributed by atoms with Crippen molar-refractivity contribution >= 4 is 43.5 Å². The van der Waals surface area contributed by atoms with Crippen LogP contribution >= 0.6 is 31.9 Å². The molecule has 1 aliphatic rings. The molecule has 1 aromatic rings. The average molecular weight is 386 g/mol. The first-order valence-electron chi connectivity index (χ1n) is 6.25. The van der Waals surface area contributed by atoms with Crippen LogP contribution in [0.25, 0.3) is 0 Å². The third-order valence-corrected chi connectivity index (χ3v) is 4.68. The number of nitriles is 1. The summed E-state index contributed by atoms with van der Waals surface area (Å²) in [5, 5.41) is 12.2. The largest absolute Gasteiger partial charge is 0.324 e. The molecule has 0 aromatic heterocycles. The van der Waals surface area contributed by atoms with E-state index in [9.17, 15) is 10.1 Å². The molecule has 19 heavy (non-hydrogen) atoms. The Morgan fingerprint density at radius 1 is 1.26 bits per heavy atom. The van der Waals surface area contributed by atoms with Gasteiger partial charge in [0.15, 0.2) is 0 Å². The molecule has 0 heterocycles. The molecule has 1 aromatic carbocycles. The van der Waals surface area contributed by atoms with Gasteiger partial charge >= 0.3 is 0 Å².